The fraction of sp³-hybridized carbons (Fsp3) is 0.879. The molecular formula is C33H64NO8P. The molecule has 0 aliphatic heterocycles. The summed E-state index contributed by atoms with van der Waals surface area (Å²) >= 11 is 0. The third kappa shape index (κ3) is 30.6. The van der Waals surface area contributed by atoms with E-state index in [1.165, 1.54) is 64.2 Å². The van der Waals surface area contributed by atoms with Crippen molar-refractivity contribution < 1.29 is 37.6 Å². The number of phosphoric ester groups is 1. The first-order valence-corrected chi connectivity index (χ1v) is 18.7. The number of phosphoric acid groups is 1. The Balaban J connectivity index is 4.19. The minimum Gasteiger partial charge on any atom is -0.462 e. The zero-order valence-electron chi connectivity index (χ0n) is 27.4. The van der Waals surface area contributed by atoms with Crippen LogP contribution >= 0.6 is 7.82 Å². The first-order valence-electron chi connectivity index (χ1n) is 17.2. The lowest BCUT2D eigenvalue weighted by molar-refractivity contribution is -0.161. The molecule has 0 rings (SSSR count). The van der Waals surface area contributed by atoms with Crippen molar-refractivity contribution in [1.82, 2.24) is 0 Å². The predicted octanol–water partition coefficient (Wildman–Crippen LogP) is 8.71. The lowest BCUT2D eigenvalue weighted by Crippen LogP contribution is -2.29. The summed E-state index contributed by atoms with van der Waals surface area (Å²) in [6.45, 7) is 3.63. The van der Waals surface area contributed by atoms with E-state index < -0.39 is 32.5 Å². The van der Waals surface area contributed by atoms with Gasteiger partial charge in [0.05, 0.1) is 13.2 Å². The summed E-state index contributed by atoms with van der Waals surface area (Å²) in [6, 6.07) is 0. The van der Waals surface area contributed by atoms with Gasteiger partial charge in [-0.3, -0.25) is 18.6 Å². The summed E-state index contributed by atoms with van der Waals surface area (Å²) in [7, 11) is -4.36. The minimum atomic E-state index is -4.36. The molecule has 254 valence electrons. The Labute approximate surface area is 262 Å². The van der Waals surface area contributed by atoms with Crippen LogP contribution in [0.5, 0.6) is 0 Å². The van der Waals surface area contributed by atoms with E-state index in [-0.39, 0.29) is 32.6 Å². The summed E-state index contributed by atoms with van der Waals surface area (Å²) in [5.74, 6) is -0.847. The van der Waals surface area contributed by atoms with Crippen molar-refractivity contribution in [3.63, 3.8) is 0 Å². The Morgan fingerprint density at radius 2 is 1.14 bits per heavy atom. The number of carbonyl (C=O) groups is 2. The largest absolute Gasteiger partial charge is 0.472 e. The molecule has 2 atom stereocenters. The molecule has 0 spiro atoms. The van der Waals surface area contributed by atoms with Crippen molar-refractivity contribution in [3.05, 3.63) is 12.2 Å². The number of unbranched alkanes of at least 4 members (excludes halogenated alkanes) is 17. The maximum atomic E-state index is 12.4. The molecule has 0 radical (unpaired) electrons. The Bertz CT molecular complexity index is 734. The van der Waals surface area contributed by atoms with Crippen LogP contribution in [0.25, 0.3) is 0 Å². The lowest BCUT2D eigenvalue weighted by Gasteiger charge is -2.19. The fourth-order valence-electron chi connectivity index (χ4n) is 4.57. The molecule has 0 aromatic carbocycles. The van der Waals surface area contributed by atoms with Crippen LogP contribution in [0, 0.1) is 0 Å². The second-order valence-corrected chi connectivity index (χ2v) is 12.8. The highest BCUT2D eigenvalue weighted by Crippen LogP contribution is 2.43. The standard InChI is InChI=1S/C33H64NO8P/c1-3-5-7-9-11-12-13-14-15-16-17-18-19-20-22-24-26-33(36)42-31(30-41-43(37,38)40-28-27-34)29-39-32(35)25-23-21-10-8-6-4-2/h15-16,31H,3-14,17-30,34H2,1-2H3,(H,37,38)/b16-15-. The van der Waals surface area contributed by atoms with Crippen LogP contribution in [0.3, 0.4) is 0 Å². The van der Waals surface area contributed by atoms with Crippen molar-refractivity contribution in [1.29, 1.82) is 0 Å². The summed E-state index contributed by atoms with van der Waals surface area (Å²) in [4.78, 5) is 34.4. The van der Waals surface area contributed by atoms with E-state index in [9.17, 15) is 19.0 Å². The normalized spacial score (nSPS) is 13.7. The molecular weight excluding hydrogens is 569 g/mol. The molecule has 43 heavy (non-hydrogen) atoms. The highest BCUT2D eigenvalue weighted by molar-refractivity contribution is 7.47. The summed E-state index contributed by atoms with van der Waals surface area (Å²) in [5, 5.41) is 0. The number of allylic oxidation sites excluding steroid dienone is 2. The van der Waals surface area contributed by atoms with E-state index in [2.05, 4.69) is 26.0 Å². The van der Waals surface area contributed by atoms with Gasteiger partial charge in [0.15, 0.2) is 6.10 Å². The molecule has 0 aliphatic carbocycles. The Morgan fingerprint density at radius 1 is 0.674 bits per heavy atom. The van der Waals surface area contributed by atoms with Crippen LogP contribution < -0.4 is 5.73 Å². The van der Waals surface area contributed by atoms with Gasteiger partial charge in [0.25, 0.3) is 0 Å². The maximum Gasteiger partial charge on any atom is 0.472 e. The first-order chi connectivity index (χ1) is 20.8. The third-order valence-corrected chi connectivity index (χ3v) is 8.14. The fourth-order valence-corrected chi connectivity index (χ4v) is 5.33. The van der Waals surface area contributed by atoms with Crippen molar-refractivity contribution in [2.45, 2.75) is 161 Å². The highest BCUT2D eigenvalue weighted by Gasteiger charge is 2.25. The quantitative estimate of drug-likeness (QED) is 0.0323. The van der Waals surface area contributed by atoms with Gasteiger partial charge in [-0.1, -0.05) is 116 Å². The van der Waals surface area contributed by atoms with E-state index >= 15 is 0 Å². The molecule has 9 nitrogen and oxygen atoms in total. The van der Waals surface area contributed by atoms with Gasteiger partial charge in [-0.25, -0.2) is 4.57 Å². The average molecular weight is 634 g/mol. The van der Waals surface area contributed by atoms with E-state index in [1.54, 1.807) is 0 Å². The van der Waals surface area contributed by atoms with Crippen LogP contribution in [0.4, 0.5) is 0 Å². The maximum absolute atomic E-state index is 12.4. The van der Waals surface area contributed by atoms with Crippen LogP contribution in [0.1, 0.15) is 155 Å². The molecule has 0 aromatic heterocycles. The van der Waals surface area contributed by atoms with E-state index in [4.69, 9.17) is 24.3 Å². The number of carbonyl (C=O) groups excluding carboxylic acids is 2. The number of hydrogen-bond donors (Lipinski definition) is 2. The number of nitrogens with two attached hydrogens (primary N) is 1. The number of esters is 2. The highest BCUT2D eigenvalue weighted by atomic mass is 31.2. The molecule has 0 heterocycles. The summed E-state index contributed by atoms with van der Waals surface area (Å²) < 4.78 is 32.4. The van der Waals surface area contributed by atoms with Crippen molar-refractivity contribution in [3.8, 4) is 0 Å². The average Bonchev–Trinajstić information content (AvgIpc) is 2.99. The third-order valence-electron chi connectivity index (χ3n) is 7.15. The van der Waals surface area contributed by atoms with Gasteiger partial charge in [-0.05, 0) is 38.5 Å². The second-order valence-electron chi connectivity index (χ2n) is 11.4. The first kappa shape index (κ1) is 41.8. The molecule has 3 N–H and O–H groups in total. The van der Waals surface area contributed by atoms with Crippen molar-refractivity contribution in [2.24, 2.45) is 5.73 Å². The van der Waals surface area contributed by atoms with E-state index in [0.717, 1.165) is 57.8 Å². The van der Waals surface area contributed by atoms with E-state index in [0.29, 0.717) is 6.42 Å². The lowest BCUT2D eigenvalue weighted by atomic mass is 10.1. The van der Waals surface area contributed by atoms with E-state index in [1.807, 2.05) is 0 Å². The smallest absolute Gasteiger partial charge is 0.462 e. The summed E-state index contributed by atoms with van der Waals surface area (Å²) in [5.41, 5.74) is 5.30. The van der Waals surface area contributed by atoms with Gasteiger partial charge in [0, 0.05) is 19.4 Å². The molecule has 0 saturated carbocycles. The monoisotopic (exact) mass is 633 g/mol. The minimum absolute atomic E-state index is 0.0540. The predicted molar refractivity (Wildman–Crippen MR) is 174 cm³/mol. The summed E-state index contributed by atoms with van der Waals surface area (Å²) in [6.07, 6.45) is 27.0. The van der Waals surface area contributed by atoms with Gasteiger partial charge in [0.1, 0.15) is 6.61 Å². The molecule has 0 saturated heterocycles. The van der Waals surface area contributed by atoms with Gasteiger partial charge >= 0.3 is 19.8 Å². The molecule has 0 bridgehead atoms. The van der Waals surface area contributed by atoms with Crippen LogP contribution in [0.15, 0.2) is 12.2 Å². The van der Waals surface area contributed by atoms with Gasteiger partial charge in [0.2, 0.25) is 0 Å². The Morgan fingerprint density at radius 3 is 1.65 bits per heavy atom. The molecule has 0 fully saturated rings. The van der Waals surface area contributed by atoms with Gasteiger partial charge < -0.3 is 20.1 Å². The Hall–Kier alpha value is -1.25. The number of ether oxygens (including phenoxy) is 2. The van der Waals surface area contributed by atoms with Gasteiger partial charge in [-0.15, -0.1) is 0 Å². The second kappa shape index (κ2) is 30.8. The van der Waals surface area contributed by atoms with Crippen molar-refractivity contribution in [2.75, 3.05) is 26.4 Å². The molecule has 10 heteroatoms. The molecule has 0 aromatic rings. The Kier molecular flexibility index (Phi) is 29.9. The molecule has 0 amide bonds. The van der Waals surface area contributed by atoms with Crippen LogP contribution in [-0.2, 0) is 32.7 Å². The van der Waals surface area contributed by atoms with Crippen LogP contribution in [0.2, 0.25) is 0 Å². The topological polar surface area (TPSA) is 134 Å². The molecule has 2 unspecified atom stereocenters. The number of rotatable bonds is 32. The van der Waals surface area contributed by atoms with Gasteiger partial charge in [-0.2, -0.15) is 0 Å². The zero-order valence-corrected chi connectivity index (χ0v) is 28.3. The number of hydrogen-bond acceptors (Lipinski definition) is 8. The van der Waals surface area contributed by atoms with Crippen LogP contribution in [-0.4, -0.2) is 49.3 Å². The SMILES string of the molecule is CCCCCCCCC/C=C\CCCCCCCC(=O)OC(COC(=O)CCCCCCCC)COP(=O)(O)OCCN. The van der Waals surface area contributed by atoms with Crippen molar-refractivity contribution >= 4 is 19.8 Å². The molecule has 0 aliphatic rings. The zero-order chi connectivity index (χ0) is 31.9.